The molecule has 0 bridgehead atoms. The standard InChI is InChI=1S/C19H17FN2O4S/c1-13-2-4-14(5-3-13)17-12-19(26-22-17)21-18(23)10-11-27(24,25)16-8-6-15(20)7-9-16/h2-9,12H,10-11H2,1H3,(H,21,23). The van der Waals surface area contributed by atoms with E-state index in [0.717, 1.165) is 23.3 Å². The lowest BCUT2D eigenvalue weighted by Crippen LogP contribution is -2.17. The quantitative estimate of drug-likeness (QED) is 0.652. The maximum absolute atomic E-state index is 12.9. The molecule has 1 amide bonds. The van der Waals surface area contributed by atoms with Gasteiger partial charge >= 0.3 is 0 Å². The van der Waals surface area contributed by atoms with Gasteiger partial charge in [0.05, 0.1) is 10.6 Å². The van der Waals surface area contributed by atoms with Crippen molar-refractivity contribution >= 4 is 21.6 Å². The van der Waals surface area contributed by atoms with E-state index in [1.165, 1.54) is 12.1 Å². The summed E-state index contributed by atoms with van der Waals surface area (Å²) < 4.78 is 42.3. The Bertz CT molecular complexity index is 1040. The molecule has 3 aromatic rings. The summed E-state index contributed by atoms with van der Waals surface area (Å²) in [7, 11) is -3.68. The van der Waals surface area contributed by atoms with Crippen molar-refractivity contribution in [3.05, 3.63) is 66.0 Å². The van der Waals surface area contributed by atoms with Crippen molar-refractivity contribution < 1.29 is 22.1 Å². The molecule has 0 atom stereocenters. The highest BCUT2D eigenvalue weighted by Crippen LogP contribution is 2.22. The first-order valence-electron chi connectivity index (χ1n) is 8.15. The van der Waals surface area contributed by atoms with Crippen LogP contribution in [0.25, 0.3) is 11.3 Å². The number of aromatic nitrogens is 1. The van der Waals surface area contributed by atoms with Crippen molar-refractivity contribution in [1.82, 2.24) is 5.16 Å². The summed E-state index contributed by atoms with van der Waals surface area (Å²) in [6.07, 6.45) is -0.264. The van der Waals surface area contributed by atoms with Gasteiger partial charge in [0.25, 0.3) is 0 Å². The lowest BCUT2D eigenvalue weighted by atomic mass is 10.1. The van der Waals surface area contributed by atoms with Crippen LogP contribution in [0.3, 0.4) is 0 Å². The Labute approximate surface area is 155 Å². The lowest BCUT2D eigenvalue weighted by Gasteiger charge is -2.04. The molecule has 0 aliphatic rings. The van der Waals surface area contributed by atoms with E-state index < -0.39 is 27.3 Å². The fraction of sp³-hybridized carbons (Fsp3) is 0.158. The second kappa shape index (κ2) is 7.71. The molecule has 0 fully saturated rings. The van der Waals surface area contributed by atoms with Crippen molar-refractivity contribution in [1.29, 1.82) is 0 Å². The lowest BCUT2D eigenvalue weighted by molar-refractivity contribution is -0.115. The molecule has 1 heterocycles. The molecular formula is C19H17FN2O4S. The maximum Gasteiger partial charge on any atom is 0.231 e. The minimum Gasteiger partial charge on any atom is -0.338 e. The summed E-state index contributed by atoms with van der Waals surface area (Å²) in [6.45, 7) is 1.97. The van der Waals surface area contributed by atoms with Gasteiger partial charge in [-0.2, -0.15) is 0 Å². The van der Waals surface area contributed by atoms with Crippen molar-refractivity contribution in [2.45, 2.75) is 18.2 Å². The number of anilines is 1. The second-order valence-electron chi connectivity index (χ2n) is 6.01. The van der Waals surface area contributed by atoms with Gasteiger partial charge in [0, 0.05) is 18.1 Å². The summed E-state index contributed by atoms with van der Waals surface area (Å²) in [4.78, 5) is 12.0. The number of sulfone groups is 1. The molecular weight excluding hydrogens is 371 g/mol. The molecule has 6 nitrogen and oxygen atoms in total. The van der Waals surface area contributed by atoms with Crippen LogP contribution < -0.4 is 5.32 Å². The molecule has 1 aromatic heterocycles. The smallest absolute Gasteiger partial charge is 0.231 e. The van der Waals surface area contributed by atoms with Crippen LogP contribution in [0.1, 0.15) is 12.0 Å². The fourth-order valence-corrected chi connectivity index (χ4v) is 3.62. The Morgan fingerprint density at radius 1 is 1.11 bits per heavy atom. The number of hydrogen-bond acceptors (Lipinski definition) is 5. The molecule has 0 spiro atoms. The van der Waals surface area contributed by atoms with Gasteiger partial charge in [0.15, 0.2) is 9.84 Å². The number of benzene rings is 2. The zero-order chi connectivity index (χ0) is 19.4. The molecule has 0 radical (unpaired) electrons. The van der Waals surface area contributed by atoms with Crippen LogP contribution in [0.15, 0.2) is 64.0 Å². The number of nitrogens with one attached hydrogen (secondary N) is 1. The molecule has 0 saturated carbocycles. The average molecular weight is 388 g/mol. The van der Waals surface area contributed by atoms with Crippen LogP contribution >= 0.6 is 0 Å². The van der Waals surface area contributed by atoms with E-state index in [-0.39, 0.29) is 17.2 Å². The van der Waals surface area contributed by atoms with E-state index in [1.807, 2.05) is 31.2 Å². The largest absolute Gasteiger partial charge is 0.338 e. The second-order valence-corrected chi connectivity index (χ2v) is 8.12. The highest BCUT2D eigenvalue weighted by Gasteiger charge is 2.17. The van der Waals surface area contributed by atoms with Crippen molar-refractivity contribution in [2.75, 3.05) is 11.1 Å². The van der Waals surface area contributed by atoms with Crippen molar-refractivity contribution in [3.63, 3.8) is 0 Å². The zero-order valence-corrected chi connectivity index (χ0v) is 15.3. The van der Waals surface area contributed by atoms with Gasteiger partial charge in [-0.25, -0.2) is 12.8 Å². The molecule has 0 aliphatic heterocycles. The minimum atomic E-state index is -3.68. The number of carbonyl (C=O) groups is 1. The van der Waals surface area contributed by atoms with Crippen LogP contribution in [-0.4, -0.2) is 25.2 Å². The Balaban J connectivity index is 1.59. The number of nitrogens with zero attached hydrogens (tertiary/aromatic N) is 1. The van der Waals surface area contributed by atoms with Gasteiger partial charge in [-0.3, -0.25) is 10.1 Å². The fourth-order valence-electron chi connectivity index (χ4n) is 2.38. The van der Waals surface area contributed by atoms with Crippen LogP contribution in [-0.2, 0) is 14.6 Å². The van der Waals surface area contributed by atoms with E-state index in [4.69, 9.17) is 4.52 Å². The third-order valence-corrected chi connectivity index (χ3v) is 5.62. The molecule has 0 aliphatic carbocycles. The summed E-state index contributed by atoms with van der Waals surface area (Å²) in [6, 6.07) is 13.7. The maximum atomic E-state index is 12.9. The molecule has 27 heavy (non-hydrogen) atoms. The van der Waals surface area contributed by atoms with E-state index in [9.17, 15) is 17.6 Å². The molecule has 3 rings (SSSR count). The Morgan fingerprint density at radius 2 is 1.78 bits per heavy atom. The van der Waals surface area contributed by atoms with E-state index in [1.54, 1.807) is 6.07 Å². The monoisotopic (exact) mass is 388 g/mol. The predicted molar refractivity (Wildman–Crippen MR) is 98.4 cm³/mol. The molecule has 140 valence electrons. The normalized spacial score (nSPS) is 11.3. The minimum absolute atomic E-state index is 0.0296. The molecule has 8 heteroatoms. The van der Waals surface area contributed by atoms with Gasteiger partial charge < -0.3 is 4.52 Å². The number of rotatable bonds is 6. The SMILES string of the molecule is Cc1ccc(-c2cc(NC(=O)CCS(=O)(=O)c3ccc(F)cc3)on2)cc1. The number of halogens is 1. The summed E-state index contributed by atoms with van der Waals surface area (Å²) in [5.41, 5.74) is 2.51. The third-order valence-electron chi connectivity index (χ3n) is 3.89. The van der Waals surface area contributed by atoms with Crippen LogP contribution in [0.4, 0.5) is 10.3 Å². The van der Waals surface area contributed by atoms with E-state index in [2.05, 4.69) is 10.5 Å². The third kappa shape index (κ3) is 4.79. The highest BCUT2D eigenvalue weighted by molar-refractivity contribution is 7.91. The Hall–Kier alpha value is -3.00. The first-order valence-corrected chi connectivity index (χ1v) is 9.81. The molecule has 0 saturated heterocycles. The summed E-state index contributed by atoms with van der Waals surface area (Å²) in [5.74, 6) is -1.31. The Kier molecular flexibility index (Phi) is 5.36. The number of aryl methyl sites for hydroxylation is 1. The zero-order valence-electron chi connectivity index (χ0n) is 14.5. The predicted octanol–water partition coefficient (Wildman–Crippen LogP) is 3.59. The van der Waals surface area contributed by atoms with Crippen LogP contribution in [0.5, 0.6) is 0 Å². The average Bonchev–Trinajstić information content (AvgIpc) is 3.09. The Morgan fingerprint density at radius 3 is 2.44 bits per heavy atom. The van der Waals surface area contributed by atoms with Gasteiger partial charge in [0.1, 0.15) is 11.5 Å². The first-order chi connectivity index (χ1) is 12.8. The van der Waals surface area contributed by atoms with Gasteiger partial charge in [0.2, 0.25) is 11.8 Å². The number of carbonyl (C=O) groups excluding carboxylic acids is 1. The van der Waals surface area contributed by atoms with Gasteiger partial charge in [-0.15, -0.1) is 0 Å². The summed E-state index contributed by atoms with van der Waals surface area (Å²) >= 11 is 0. The highest BCUT2D eigenvalue weighted by atomic mass is 32.2. The van der Waals surface area contributed by atoms with Gasteiger partial charge in [-0.05, 0) is 31.2 Å². The van der Waals surface area contributed by atoms with Gasteiger partial charge in [-0.1, -0.05) is 35.0 Å². The molecule has 2 aromatic carbocycles. The number of hydrogen-bond donors (Lipinski definition) is 1. The molecule has 0 unspecified atom stereocenters. The van der Waals surface area contributed by atoms with Crippen LogP contribution in [0.2, 0.25) is 0 Å². The van der Waals surface area contributed by atoms with E-state index >= 15 is 0 Å². The van der Waals surface area contributed by atoms with Crippen molar-refractivity contribution in [2.24, 2.45) is 0 Å². The topological polar surface area (TPSA) is 89.3 Å². The van der Waals surface area contributed by atoms with E-state index in [0.29, 0.717) is 5.69 Å². The summed E-state index contributed by atoms with van der Waals surface area (Å²) in [5, 5.41) is 6.37. The van der Waals surface area contributed by atoms with Crippen LogP contribution in [0, 0.1) is 12.7 Å². The van der Waals surface area contributed by atoms with Crippen molar-refractivity contribution in [3.8, 4) is 11.3 Å². The first kappa shape index (κ1) is 18.8. The molecule has 1 N–H and O–H groups in total. The number of amides is 1.